The Kier molecular flexibility index (Phi) is 4.91. The summed E-state index contributed by atoms with van der Waals surface area (Å²) >= 11 is 0. The third-order valence-electron chi connectivity index (χ3n) is 3.56. The van der Waals surface area contributed by atoms with Crippen LogP contribution < -0.4 is 0 Å². The minimum atomic E-state index is -1.08. The van der Waals surface area contributed by atoms with Crippen molar-refractivity contribution in [3.05, 3.63) is 35.1 Å². The monoisotopic (exact) mass is 265 g/mol. The van der Waals surface area contributed by atoms with Gasteiger partial charge in [0.15, 0.2) is 0 Å². The molecule has 1 aromatic carbocycles. The minimum Gasteiger partial charge on any atom is -0.478 e. The number of carboxylic acids is 1. The molecule has 1 aromatic rings. The zero-order valence-electron chi connectivity index (χ0n) is 11.1. The van der Waals surface area contributed by atoms with E-state index in [0.29, 0.717) is 6.54 Å². The van der Waals surface area contributed by atoms with Gasteiger partial charge in [0, 0.05) is 6.54 Å². The van der Waals surface area contributed by atoms with Crippen LogP contribution in [-0.4, -0.2) is 29.1 Å². The summed E-state index contributed by atoms with van der Waals surface area (Å²) in [4.78, 5) is 13.2. The van der Waals surface area contributed by atoms with Crippen LogP contribution in [0.2, 0.25) is 0 Å². The van der Waals surface area contributed by atoms with Gasteiger partial charge in [-0.15, -0.1) is 0 Å². The fourth-order valence-electron chi connectivity index (χ4n) is 2.59. The molecule has 0 bridgehead atoms. The SMILES string of the molecule is O=C(O)c1cc(F)cc(CN2CCCCCCC2)c1. The highest BCUT2D eigenvalue weighted by atomic mass is 19.1. The maximum Gasteiger partial charge on any atom is 0.335 e. The van der Waals surface area contributed by atoms with Crippen LogP contribution in [0.3, 0.4) is 0 Å². The number of benzene rings is 1. The van der Waals surface area contributed by atoms with Crippen LogP contribution in [0.25, 0.3) is 0 Å². The van der Waals surface area contributed by atoms with Gasteiger partial charge in [0.1, 0.15) is 5.82 Å². The van der Waals surface area contributed by atoms with Gasteiger partial charge in [-0.1, -0.05) is 19.3 Å². The van der Waals surface area contributed by atoms with Crippen LogP contribution in [0.5, 0.6) is 0 Å². The van der Waals surface area contributed by atoms with Gasteiger partial charge in [0.25, 0.3) is 0 Å². The Bertz CT molecular complexity index is 440. The summed E-state index contributed by atoms with van der Waals surface area (Å²) in [6.45, 7) is 2.66. The van der Waals surface area contributed by atoms with Gasteiger partial charge in [-0.3, -0.25) is 4.90 Å². The molecule has 0 saturated carbocycles. The van der Waals surface area contributed by atoms with Crippen LogP contribution >= 0.6 is 0 Å². The molecule has 0 atom stereocenters. The fourth-order valence-corrected chi connectivity index (χ4v) is 2.59. The molecule has 0 unspecified atom stereocenters. The Balaban J connectivity index is 2.06. The van der Waals surface area contributed by atoms with Crippen molar-refractivity contribution in [1.29, 1.82) is 0 Å². The van der Waals surface area contributed by atoms with E-state index in [0.717, 1.165) is 24.7 Å². The van der Waals surface area contributed by atoms with Gasteiger partial charge in [0.2, 0.25) is 0 Å². The standard InChI is InChI=1S/C15H20FNO2/c16-14-9-12(8-13(10-14)15(18)19)11-17-6-4-2-1-3-5-7-17/h8-10H,1-7,11H2,(H,18,19). The van der Waals surface area contributed by atoms with E-state index in [1.165, 1.54) is 38.2 Å². The maximum atomic E-state index is 13.4. The number of aromatic carboxylic acids is 1. The van der Waals surface area contributed by atoms with Gasteiger partial charge >= 0.3 is 5.97 Å². The predicted octanol–water partition coefficient (Wildman–Crippen LogP) is 3.29. The zero-order valence-corrected chi connectivity index (χ0v) is 11.1. The lowest BCUT2D eigenvalue weighted by molar-refractivity contribution is 0.0696. The van der Waals surface area contributed by atoms with Gasteiger partial charge < -0.3 is 5.11 Å². The summed E-state index contributed by atoms with van der Waals surface area (Å²) in [5, 5.41) is 8.94. The fraction of sp³-hybridized carbons (Fsp3) is 0.533. The Hall–Kier alpha value is -1.42. The van der Waals surface area contributed by atoms with Crippen molar-refractivity contribution in [2.24, 2.45) is 0 Å². The zero-order chi connectivity index (χ0) is 13.7. The molecule has 1 N–H and O–H groups in total. The van der Waals surface area contributed by atoms with Gasteiger partial charge in [-0.2, -0.15) is 0 Å². The Morgan fingerprint density at radius 3 is 2.37 bits per heavy atom. The van der Waals surface area contributed by atoms with Gasteiger partial charge in [-0.05, 0) is 49.7 Å². The quantitative estimate of drug-likeness (QED) is 0.911. The van der Waals surface area contributed by atoms with Crippen molar-refractivity contribution in [2.45, 2.75) is 38.6 Å². The van der Waals surface area contributed by atoms with Crippen LogP contribution in [0.1, 0.15) is 48.0 Å². The molecule has 1 aliphatic heterocycles. The predicted molar refractivity (Wildman–Crippen MR) is 71.7 cm³/mol. The third-order valence-corrected chi connectivity index (χ3v) is 3.56. The lowest BCUT2D eigenvalue weighted by Crippen LogP contribution is -2.27. The first-order valence-electron chi connectivity index (χ1n) is 6.90. The summed E-state index contributed by atoms with van der Waals surface area (Å²) < 4.78 is 13.4. The van der Waals surface area contributed by atoms with Crippen molar-refractivity contribution >= 4 is 5.97 Å². The van der Waals surface area contributed by atoms with E-state index in [2.05, 4.69) is 4.90 Å². The van der Waals surface area contributed by atoms with Crippen molar-refractivity contribution in [3.8, 4) is 0 Å². The normalized spacial score (nSPS) is 17.7. The summed E-state index contributed by atoms with van der Waals surface area (Å²) in [6.07, 6.45) is 6.14. The van der Waals surface area contributed by atoms with Crippen molar-refractivity contribution in [1.82, 2.24) is 4.90 Å². The highest BCUT2D eigenvalue weighted by Gasteiger charge is 2.12. The van der Waals surface area contributed by atoms with Crippen molar-refractivity contribution in [2.75, 3.05) is 13.1 Å². The molecule has 1 aliphatic rings. The summed E-state index contributed by atoms with van der Waals surface area (Å²) in [6, 6.07) is 4.08. The first-order valence-corrected chi connectivity index (χ1v) is 6.90. The third kappa shape index (κ3) is 4.31. The molecule has 3 nitrogen and oxygen atoms in total. The summed E-state index contributed by atoms with van der Waals surface area (Å²) in [7, 11) is 0. The molecule has 0 radical (unpaired) electrons. The number of rotatable bonds is 3. The molecular formula is C15H20FNO2. The topological polar surface area (TPSA) is 40.5 Å². The molecule has 4 heteroatoms. The number of hydrogen-bond donors (Lipinski definition) is 1. The van der Waals surface area contributed by atoms with Crippen molar-refractivity contribution < 1.29 is 14.3 Å². The number of nitrogens with zero attached hydrogens (tertiary/aromatic N) is 1. The molecule has 1 fully saturated rings. The molecule has 104 valence electrons. The lowest BCUT2D eigenvalue weighted by Gasteiger charge is -2.24. The van der Waals surface area contributed by atoms with E-state index in [9.17, 15) is 9.18 Å². The van der Waals surface area contributed by atoms with Crippen molar-refractivity contribution in [3.63, 3.8) is 0 Å². The molecule has 2 rings (SSSR count). The smallest absolute Gasteiger partial charge is 0.335 e. The summed E-state index contributed by atoms with van der Waals surface area (Å²) in [5.74, 6) is -1.55. The van der Waals surface area contributed by atoms with Gasteiger partial charge in [0.05, 0.1) is 5.56 Å². The molecule has 0 amide bonds. The number of likely N-dealkylation sites (tertiary alicyclic amines) is 1. The molecule has 1 heterocycles. The van der Waals surface area contributed by atoms with E-state index in [4.69, 9.17) is 5.11 Å². The second-order valence-electron chi connectivity index (χ2n) is 5.20. The van der Waals surface area contributed by atoms with Crippen LogP contribution in [0.4, 0.5) is 4.39 Å². The molecule has 0 aromatic heterocycles. The number of carboxylic acid groups (broad SMARTS) is 1. The molecule has 0 spiro atoms. The Labute approximate surface area is 113 Å². The van der Waals surface area contributed by atoms with Gasteiger partial charge in [-0.25, -0.2) is 9.18 Å². The highest BCUT2D eigenvalue weighted by Crippen LogP contribution is 2.15. The van der Waals surface area contributed by atoms with E-state index in [1.807, 2.05) is 0 Å². The largest absolute Gasteiger partial charge is 0.478 e. The molecular weight excluding hydrogens is 245 g/mol. The minimum absolute atomic E-state index is 0.0297. The second kappa shape index (κ2) is 6.66. The average Bonchev–Trinajstić information content (AvgIpc) is 2.31. The molecule has 0 aliphatic carbocycles. The lowest BCUT2D eigenvalue weighted by atomic mass is 10.1. The van der Waals surface area contributed by atoms with Crippen LogP contribution in [-0.2, 0) is 6.54 Å². The molecule has 19 heavy (non-hydrogen) atoms. The Morgan fingerprint density at radius 2 is 1.74 bits per heavy atom. The highest BCUT2D eigenvalue weighted by molar-refractivity contribution is 5.87. The second-order valence-corrected chi connectivity index (χ2v) is 5.20. The maximum absolute atomic E-state index is 13.4. The van der Waals surface area contributed by atoms with E-state index in [1.54, 1.807) is 6.07 Å². The van der Waals surface area contributed by atoms with Crippen LogP contribution in [0.15, 0.2) is 18.2 Å². The summed E-state index contributed by atoms with van der Waals surface area (Å²) in [5.41, 5.74) is 0.778. The van der Waals surface area contributed by atoms with Crippen LogP contribution in [0, 0.1) is 5.82 Å². The first-order chi connectivity index (χ1) is 9.15. The molecule has 1 saturated heterocycles. The van der Waals surface area contributed by atoms with E-state index < -0.39 is 11.8 Å². The first kappa shape index (κ1) is 14.0. The van der Waals surface area contributed by atoms with E-state index in [-0.39, 0.29) is 5.56 Å². The van der Waals surface area contributed by atoms with E-state index >= 15 is 0 Å². The average molecular weight is 265 g/mol. The Morgan fingerprint density at radius 1 is 1.11 bits per heavy atom. The number of hydrogen-bond acceptors (Lipinski definition) is 2. The number of halogens is 1. The number of carbonyl (C=O) groups is 1.